The molecule has 0 aromatic carbocycles. The minimum absolute atomic E-state index is 0.742. The molecule has 0 aliphatic carbocycles. The number of aromatic amines is 1. The number of rotatable bonds is 5. The molecule has 0 spiro atoms. The second-order valence-electron chi connectivity index (χ2n) is 3.05. The van der Waals surface area contributed by atoms with Gasteiger partial charge in [-0.2, -0.15) is 5.10 Å². The van der Waals surface area contributed by atoms with Gasteiger partial charge in [-0.3, -0.25) is 5.10 Å². The van der Waals surface area contributed by atoms with E-state index in [9.17, 15) is 4.79 Å². The van der Waals surface area contributed by atoms with Crippen LogP contribution in [-0.2, 0) is 10.5 Å². The Labute approximate surface area is 106 Å². The molecule has 0 atom stereocenters. The number of thioether (sulfide) groups is 1. The van der Waals surface area contributed by atoms with E-state index in [0.717, 1.165) is 27.4 Å². The molecule has 0 aliphatic rings. The first-order valence-electron chi connectivity index (χ1n) is 4.71. The zero-order chi connectivity index (χ0) is 12.1. The Bertz CT molecular complexity index is 519. The van der Waals surface area contributed by atoms with Crippen molar-refractivity contribution in [2.24, 2.45) is 0 Å². The van der Waals surface area contributed by atoms with Crippen LogP contribution >= 0.6 is 23.1 Å². The Morgan fingerprint density at radius 2 is 2.53 bits per heavy atom. The fourth-order valence-corrected chi connectivity index (χ4v) is 2.95. The summed E-state index contributed by atoms with van der Waals surface area (Å²) in [6, 6.07) is 1.90. The van der Waals surface area contributed by atoms with Gasteiger partial charge in [-0.15, -0.1) is 11.3 Å². The molecule has 0 radical (unpaired) electrons. The van der Waals surface area contributed by atoms with Crippen molar-refractivity contribution in [1.29, 1.82) is 0 Å². The van der Waals surface area contributed by atoms with Crippen LogP contribution in [0, 0.1) is 0 Å². The Hall–Kier alpha value is -1.60. The normalized spacial score (nSPS) is 11.1. The van der Waals surface area contributed by atoms with Crippen LogP contribution in [-0.4, -0.2) is 26.3 Å². The number of H-pyrrole nitrogens is 1. The maximum absolute atomic E-state index is 10.4. The number of aromatic nitrogens is 3. The lowest BCUT2D eigenvalue weighted by atomic mass is 10.2. The molecule has 7 heteroatoms. The third-order valence-corrected chi connectivity index (χ3v) is 3.94. The van der Waals surface area contributed by atoms with Gasteiger partial charge in [-0.1, -0.05) is 11.8 Å². The molecule has 0 saturated carbocycles. The van der Waals surface area contributed by atoms with Crippen molar-refractivity contribution < 1.29 is 9.90 Å². The average molecular weight is 267 g/mol. The van der Waals surface area contributed by atoms with Crippen molar-refractivity contribution in [2.45, 2.75) is 10.9 Å². The lowest BCUT2D eigenvalue weighted by molar-refractivity contribution is -0.131. The summed E-state index contributed by atoms with van der Waals surface area (Å²) < 4.78 is 0. The monoisotopic (exact) mass is 267 g/mol. The quantitative estimate of drug-likeness (QED) is 0.641. The minimum atomic E-state index is -0.940. The molecule has 5 nitrogen and oxygen atoms in total. The molecule has 17 heavy (non-hydrogen) atoms. The lowest BCUT2D eigenvalue weighted by Gasteiger charge is -1.97. The number of carboxylic acids is 1. The zero-order valence-corrected chi connectivity index (χ0v) is 10.3. The molecule has 0 amide bonds. The van der Waals surface area contributed by atoms with E-state index in [2.05, 4.69) is 15.2 Å². The first-order chi connectivity index (χ1) is 8.25. The smallest absolute Gasteiger partial charge is 0.328 e. The maximum Gasteiger partial charge on any atom is 0.328 e. The number of carboxylic acid groups (broad SMARTS) is 1. The summed E-state index contributed by atoms with van der Waals surface area (Å²) >= 11 is 3.13. The number of nitrogens with zero attached hydrogens (tertiary/aromatic N) is 2. The van der Waals surface area contributed by atoms with Gasteiger partial charge in [0.05, 0.1) is 0 Å². The van der Waals surface area contributed by atoms with Gasteiger partial charge in [0.15, 0.2) is 5.16 Å². The first kappa shape index (κ1) is 11.9. The van der Waals surface area contributed by atoms with Gasteiger partial charge < -0.3 is 5.11 Å². The molecule has 2 rings (SSSR count). The first-order valence-corrected chi connectivity index (χ1v) is 6.58. The van der Waals surface area contributed by atoms with Crippen molar-refractivity contribution >= 4 is 35.1 Å². The molecular formula is C10H9N3O2S2. The largest absolute Gasteiger partial charge is 0.478 e. The van der Waals surface area contributed by atoms with Gasteiger partial charge in [0, 0.05) is 16.7 Å². The van der Waals surface area contributed by atoms with Crippen molar-refractivity contribution in [3.05, 3.63) is 34.3 Å². The summed E-state index contributed by atoms with van der Waals surface area (Å²) in [5.41, 5.74) is 0.935. The molecule has 2 heterocycles. The Morgan fingerprint density at radius 3 is 3.24 bits per heavy atom. The van der Waals surface area contributed by atoms with Gasteiger partial charge in [0.1, 0.15) is 6.33 Å². The van der Waals surface area contributed by atoms with Gasteiger partial charge in [-0.05, 0) is 23.1 Å². The zero-order valence-electron chi connectivity index (χ0n) is 8.66. The van der Waals surface area contributed by atoms with Crippen molar-refractivity contribution in [3.8, 4) is 0 Å². The summed E-state index contributed by atoms with van der Waals surface area (Å²) in [5, 5.41) is 17.8. The number of nitrogens with one attached hydrogen (secondary N) is 1. The number of thiophene rings is 1. The Kier molecular flexibility index (Phi) is 3.94. The third-order valence-electron chi connectivity index (χ3n) is 1.92. The number of hydrogen-bond acceptors (Lipinski definition) is 5. The SMILES string of the molecule is O=C(O)C=Cc1ccsc1CSc1ncn[nH]1. The second kappa shape index (κ2) is 5.65. The highest BCUT2D eigenvalue weighted by atomic mass is 32.2. The second-order valence-corrected chi connectivity index (χ2v) is 5.01. The van der Waals surface area contributed by atoms with E-state index in [1.54, 1.807) is 17.4 Å². The van der Waals surface area contributed by atoms with E-state index in [1.807, 2.05) is 11.4 Å². The number of aliphatic carboxylic acids is 1. The van der Waals surface area contributed by atoms with Crippen LogP contribution in [0.2, 0.25) is 0 Å². The highest BCUT2D eigenvalue weighted by molar-refractivity contribution is 7.98. The van der Waals surface area contributed by atoms with E-state index in [4.69, 9.17) is 5.11 Å². The Balaban J connectivity index is 2.01. The summed E-state index contributed by atoms with van der Waals surface area (Å²) in [6.07, 6.45) is 4.21. The lowest BCUT2D eigenvalue weighted by Crippen LogP contribution is -1.86. The highest BCUT2D eigenvalue weighted by Crippen LogP contribution is 2.26. The molecule has 88 valence electrons. The average Bonchev–Trinajstić information content (AvgIpc) is 2.95. The summed E-state index contributed by atoms with van der Waals surface area (Å²) in [7, 11) is 0. The molecule has 0 bridgehead atoms. The van der Waals surface area contributed by atoms with Gasteiger partial charge in [0.25, 0.3) is 0 Å². The fourth-order valence-electron chi connectivity index (χ4n) is 1.18. The van der Waals surface area contributed by atoms with Crippen molar-refractivity contribution in [2.75, 3.05) is 0 Å². The van der Waals surface area contributed by atoms with Gasteiger partial charge in [0.2, 0.25) is 0 Å². The molecular weight excluding hydrogens is 258 g/mol. The predicted octanol–water partition coefficient (Wildman–Crippen LogP) is 2.26. The van der Waals surface area contributed by atoms with Crippen LogP contribution in [0.1, 0.15) is 10.4 Å². The van der Waals surface area contributed by atoms with Crippen LogP contribution < -0.4 is 0 Å². The van der Waals surface area contributed by atoms with Gasteiger partial charge in [-0.25, -0.2) is 9.78 Å². The standard InChI is InChI=1S/C10H9N3O2S2/c14-9(15)2-1-7-3-4-16-8(7)5-17-10-11-6-12-13-10/h1-4,6H,5H2,(H,14,15)(H,11,12,13). The molecule has 2 aromatic rings. The van der Waals surface area contributed by atoms with Gasteiger partial charge >= 0.3 is 5.97 Å². The highest BCUT2D eigenvalue weighted by Gasteiger charge is 2.04. The van der Waals surface area contributed by atoms with E-state index in [1.165, 1.54) is 18.1 Å². The van der Waals surface area contributed by atoms with Crippen LogP contribution in [0.5, 0.6) is 0 Å². The summed E-state index contributed by atoms with van der Waals surface area (Å²) in [6.45, 7) is 0. The molecule has 2 N–H and O–H groups in total. The van der Waals surface area contributed by atoms with Crippen LogP contribution in [0.25, 0.3) is 6.08 Å². The van der Waals surface area contributed by atoms with E-state index in [-0.39, 0.29) is 0 Å². The summed E-state index contributed by atoms with van der Waals surface area (Å²) in [5.74, 6) is -0.198. The van der Waals surface area contributed by atoms with Crippen molar-refractivity contribution in [1.82, 2.24) is 15.2 Å². The molecule has 0 unspecified atom stereocenters. The van der Waals surface area contributed by atoms with E-state index in [0.29, 0.717) is 0 Å². The van der Waals surface area contributed by atoms with E-state index < -0.39 is 5.97 Å². The van der Waals surface area contributed by atoms with Crippen molar-refractivity contribution in [3.63, 3.8) is 0 Å². The van der Waals surface area contributed by atoms with E-state index >= 15 is 0 Å². The summed E-state index contributed by atoms with van der Waals surface area (Å²) in [4.78, 5) is 15.6. The minimum Gasteiger partial charge on any atom is -0.478 e. The fraction of sp³-hybridized carbons (Fsp3) is 0.100. The van der Waals surface area contributed by atoms with Crippen LogP contribution in [0.4, 0.5) is 0 Å². The molecule has 2 aromatic heterocycles. The van der Waals surface area contributed by atoms with Crippen LogP contribution in [0.15, 0.2) is 29.0 Å². The number of hydrogen-bond donors (Lipinski definition) is 2. The Morgan fingerprint density at radius 1 is 1.65 bits per heavy atom. The third kappa shape index (κ3) is 3.43. The number of carbonyl (C=O) groups is 1. The molecule has 0 fully saturated rings. The van der Waals surface area contributed by atoms with Crippen LogP contribution in [0.3, 0.4) is 0 Å². The maximum atomic E-state index is 10.4. The molecule has 0 aliphatic heterocycles. The topological polar surface area (TPSA) is 78.9 Å². The molecule has 0 saturated heterocycles. The predicted molar refractivity (Wildman–Crippen MR) is 66.9 cm³/mol.